The third-order valence-electron chi connectivity index (χ3n) is 5.00. The number of Topliss-reactive ketones (excluding diaryl/α,β-unsaturated/α-hetero) is 1. The predicted molar refractivity (Wildman–Crippen MR) is 90.5 cm³/mol. The lowest BCUT2D eigenvalue weighted by atomic mass is 9.95. The first-order chi connectivity index (χ1) is 11.7. The van der Waals surface area contributed by atoms with E-state index >= 15 is 0 Å². The molecule has 2 amide bonds. The summed E-state index contributed by atoms with van der Waals surface area (Å²) in [6.45, 7) is 0.529. The monoisotopic (exact) mass is 328 g/mol. The minimum Gasteiger partial charge on any atom is -0.347 e. The third-order valence-corrected chi connectivity index (χ3v) is 5.00. The molecule has 24 heavy (non-hydrogen) atoms. The molecular formula is C19H24N2O3. The molecule has 5 heteroatoms. The Kier molecular flexibility index (Phi) is 5.28. The molecule has 1 aromatic carbocycles. The van der Waals surface area contributed by atoms with Crippen LogP contribution in [0.5, 0.6) is 0 Å². The van der Waals surface area contributed by atoms with Gasteiger partial charge < -0.3 is 10.2 Å². The Bertz CT molecular complexity index is 608. The van der Waals surface area contributed by atoms with Crippen molar-refractivity contribution in [3.63, 3.8) is 0 Å². The standard InChI is InChI=1S/C19H24N2O3/c22-17(18(23)20-15-10-5-2-6-11-15)16-12-7-13-21(16)19(24)14-8-3-1-4-9-14/h1,3-4,8-9,15-16H,2,5-7,10-13H2,(H,20,23). The van der Waals surface area contributed by atoms with E-state index in [1.807, 2.05) is 6.07 Å². The zero-order chi connectivity index (χ0) is 16.9. The van der Waals surface area contributed by atoms with Crippen LogP contribution in [0, 0.1) is 0 Å². The Morgan fingerprint density at radius 3 is 2.33 bits per heavy atom. The van der Waals surface area contributed by atoms with Crippen molar-refractivity contribution in [3.8, 4) is 0 Å². The summed E-state index contributed by atoms with van der Waals surface area (Å²) >= 11 is 0. The number of likely N-dealkylation sites (tertiary alicyclic amines) is 1. The smallest absolute Gasteiger partial charge is 0.289 e. The van der Waals surface area contributed by atoms with Gasteiger partial charge in [-0.25, -0.2) is 0 Å². The van der Waals surface area contributed by atoms with Gasteiger partial charge in [0.15, 0.2) is 0 Å². The normalized spacial score (nSPS) is 21.5. The Hall–Kier alpha value is -2.17. The average Bonchev–Trinajstić information content (AvgIpc) is 3.11. The van der Waals surface area contributed by atoms with E-state index in [0.29, 0.717) is 18.5 Å². The average molecular weight is 328 g/mol. The van der Waals surface area contributed by atoms with Gasteiger partial charge in [-0.1, -0.05) is 37.5 Å². The summed E-state index contributed by atoms with van der Waals surface area (Å²) < 4.78 is 0. The second-order valence-electron chi connectivity index (χ2n) is 6.70. The molecule has 2 aliphatic rings. The summed E-state index contributed by atoms with van der Waals surface area (Å²) in [6.07, 6.45) is 6.60. The Balaban J connectivity index is 1.64. The van der Waals surface area contributed by atoms with Crippen LogP contribution in [0.3, 0.4) is 0 Å². The van der Waals surface area contributed by atoms with Gasteiger partial charge in [-0.3, -0.25) is 14.4 Å². The van der Waals surface area contributed by atoms with E-state index in [-0.39, 0.29) is 11.9 Å². The summed E-state index contributed by atoms with van der Waals surface area (Å²) in [7, 11) is 0. The first-order valence-corrected chi connectivity index (χ1v) is 8.87. The lowest BCUT2D eigenvalue weighted by Crippen LogP contribution is -2.49. The molecule has 0 radical (unpaired) electrons. The zero-order valence-electron chi connectivity index (χ0n) is 13.9. The SMILES string of the molecule is O=C(NC1CCCCC1)C(=O)C1CCCN1C(=O)c1ccccc1. The van der Waals surface area contributed by atoms with Gasteiger partial charge in [0.05, 0.1) is 0 Å². The molecule has 1 N–H and O–H groups in total. The van der Waals surface area contributed by atoms with Crippen LogP contribution in [-0.4, -0.2) is 41.1 Å². The topological polar surface area (TPSA) is 66.5 Å². The van der Waals surface area contributed by atoms with Crippen molar-refractivity contribution in [1.82, 2.24) is 10.2 Å². The van der Waals surface area contributed by atoms with Crippen molar-refractivity contribution in [2.75, 3.05) is 6.54 Å². The number of hydrogen-bond acceptors (Lipinski definition) is 3. The van der Waals surface area contributed by atoms with Gasteiger partial charge in [0.2, 0.25) is 5.78 Å². The quantitative estimate of drug-likeness (QED) is 0.863. The van der Waals surface area contributed by atoms with Crippen LogP contribution >= 0.6 is 0 Å². The highest BCUT2D eigenvalue weighted by Gasteiger charge is 2.38. The molecule has 1 heterocycles. The molecule has 1 aliphatic heterocycles. The van der Waals surface area contributed by atoms with E-state index < -0.39 is 17.7 Å². The minimum atomic E-state index is -0.624. The zero-order valence-corrected chi connectivity index (χ0v) is 13.9. The molecule has 1 unspecified atom stereocenters. The van der Waals surface area contributed by atoms with Crippen molar-refractivity contribution in [3.05, 3.63) is 35.9 Å². The fourth-order valence-corrected chi connectivity index (χ4v) is 3.68. The Morgan fingerprint density at radius 1 is 0.917 bits per heavy atom. The van der Waals surface area contributed by atoms with Crippen molar-refractivity contribution >= 4 is 17.6 Å². The van der Waals surface area contributed by atoms with Gasteiger partial charge in [-0.15, -0.1) is 0 Å². The summed E-state index contributed by atoms with van der Waals surface area (Å²) in [5, 5.41) is 2.87. The number of benzene rings is 1. The molecule has 0 aromatic heterocycles. The van der Waals surface area contributed by atoms with Crippen LogP contribution in [0.2, 0.25) is 0 Å². The van der Waals surface area contributed by atoms with Gasteiger partial charge >= 0.3 is 0 Å². The van der Waals surface area contributed by atoms with Gasteiger partial charge in [0, 0.05) is 18.2 Å². The third kappa shape index (κ3) is 3.66. The van der Waals surface area contributed by atoms with E-state index in [4.69, 9.17) is 0 Å². The highest BCUT2D eigenvalue weighted by atomic mass is 16.2. The van der Waals surface area contributed by atoms with Crippen molar-refractivity contribution in [2.45, 2.75) is 57.0 Å². The summed E-state index contributed by atoms with van der Waals surface area (Å²) in [5.74, 6) is -1.17. The van der Waals surface area contributed by atoms with Crippen LogP contribution in [0.25, 0.3) is 0 Å². The predicted octanol–water partition coefficient (Wildman–Crippen LogP) is 2.31. The molecule has 3 rings (SSSR count). The van der Waals surface area contributed by atoms with E-state index in [9.17, 15) is 14.4 Å². The van der Waals surface area contributed by atoms with Crippen LogP contribution < -0.4 is 5.32 Å². The summed E-state index contributed by atoms with van der Waals surface area (Å²) in [5.41, 5.74) is 0.560. The molecular weight excluding hydrogens is 304 g/mol. The second-order valence-corrected chi connectivity index (χ2v) is 6.70. The largest absolute Gasteiger partial charge is 0.347 e. The Labute approximate surface area is 142 Å². The molecule has 1 aromatic rings. The number of hydrogen-bond donors (Lipinski definition) is 1. The second kappa shape index (κ2) is 7.60. The van der Waals surface area contributed by atoms with E-state index in [2.05, 4.69) is 5.32 Å². The number of nitrogens with one attached hydrogen (secondary N) is 1. The van der Waals surface area contributed by atoms with Crippen LogP contribution in [0.4, 0.5) is 0 Å². The number of amides is 2. The lowest BCUT2D eigenvalue weighted by molar-refractivity contribution is -0.140. The van der Waals surface area contributed by atoms with Gasteiger partial charge in [0.1, 0.15) is 6.04 Å². The first kappa shape index (κ1) is 16.7. The summed E-state index contributed by atoms with van der Waals surface area (Å²) in [6, 6.07) is 8.41. The van der Waals surface area contributed by atoms with E-state index in [0.717, 1.165) is 32.1 Å². The maximum Gasteiger partial charge on any atom is 0.289 e. The molecule has 1 saturated heterocycles. The highest BCUT2D eigenvalue weighted by molar-refractivity contribution is 6.38. The van der Waals surface area contributed by atoms with Crippen LogP contribution in [0.1, 0.15) is 55.3 Å². The Morgan fingerprint density at radius 2 is 1.62 bits per heavy atom. The van der Waals surface area contributed by atoms with E-state index in [1.165, 1.54) is 6.42 Å². The first-order valence-electron chi connectivity index (χ1n) is 8.87. The highest BCUT2D eigenvalue weighted by Crippen LogP contribution is 2.22. The number of carbonyl (C=O) groups is 3. The molecule has 128 valence electrons. The molecule has 1 aliphatic carbocycles. The molecule has 0 bridgehead atoms. The van der Waals surface area contributed by atoms with Crippen molar-refractivity contribution < 1.29 is 14.4 Å². The number of rotatable bonds is 4. The maximum absolute atomic E-state index is 12.6. The van der Waals surface area contributed by atoms with Gasteiger partial charge in [-0.05, 0) is 37.8 Å². The number of ketones is 1. The lowest BCUT2D eigenvalue weighted by Gasteiger charge is -2.26. The van der Waals surface area contributed by atoms with Crippen molar-refractivity contribution in [1.29, 1.82) is 0 Å². The number of carbonyl (C=O) groups excluding carboxylic acids is 3. The van der Waals surface area contributed by atoms with E-state index in [1.54, 1.807) is 29.2 Å². The maximum atomic E-state index is 12.6. The molecule has 1 atom stereocenters. The molecule has 1 saturated carbocycles. The molecule has 2 fully saturated rings. The van der Waals surface area contributed by atoms with Gasteiger partial charge in [-0.2, -0.15) is 0 Å². The minimum absolute atomic E-state index is 0.106. The van der Waals surface area contributed by atoms with Gasteiger partial charge in [0.25, 0.3) is 11.8 Å². The molecule has 0 spiro atoms. The fourth-order valence-electron chi connectivity index (χ4n) is 3.68. The molecule has 5 nitrogen and oxygen atoms in total. The van der Waals surface area contributed by atoms with Crippen LogP contribution in [-0.2, 0) is 9.59 Å². The van der Waals surface area contributed by atoms with Crippen LogP contribution in [0.15, 0.2) is 30.3 Å². The number of nitrogens with zero attached hydrogens (tertiary/aromatic N) is 1. The fraction of sp³-hybridized carbons (Fsp3) is 0.526. The van der Waals surface area contributed by atoms with Crippen molar-refractivity contribution in [2.24, 2.45) is 0 Å². The summed E-state index contributed by atoms with van der Waals surface area (Å²) in [4.78, 5) is 39.0.